The Morgan fingerprint density at radius 2 is 2.03 bits per heavy atom. The number of imidazole rings is 1. The summed E-state index contributed by atoms with van der Waals surface area (Å²) in [6.07, 6.45) is 5.18. The predicted octanol–water partition coefficient (Wildman–Crippen LogP) is 5.43. The number of benzene rings is 1. The fraction of sp³-hybridized carbons (Fsp3) is 0.120. The lowest BCUT2D eigenvalue weighted by atomic mass is 10.1. The molecule has 6 rings (SSSR count). The number of aliphatic hydroxyl groups excluding tert-OH is 1. The highest BCUT2D eigenvalue weighted by molar-refractivity contribution is 7.13. The Labute approximate surface area is 198 Å². The Balaban J connectivity index is 1.43. The van der Waals surface area contributed by atoms with E-state index < -0.39 is 6.23 Å². The monoisotopic (exact) mass is 467 g/mol. The highest BCUT2D eigenvalue weighted by Crippen LogP contribution is 2.34. The first-order valence-corrected chi connectivity index (χ1v) is 11.8. The summed E-state index contributed by atoms with van der Waals surface area (Å²) in [6, 6.07) is 14.2. The number of nitrogens with zero attached hydrogens (tertiary/aromatic N) is 4. The van der Waals surface area contributed by atoms with Gasteiger partial charge < -0.3 is 15.4 Å². The quantitative estimate of drug-likeness (QED) is 0.243. The average Bonchev–Trinajstić information content (AvgIpc) is 3.62. The summed E-state index contributed by atoms with van der Waals surface area (Å²) in [5.41, 5.74) is 6.87. The van der Waals surface area contributed by atoms with E-state index in [1.54, 1.807) is 29.9 Å². The van der Waals surface area contributed by atoms with Crippen LogP contribution in [0, 0.1) is 0 Å². The predicted molar refractivity (Wildman–Crippen MR) is 135 cm³/mol. The average molecular weight is 468 g/mol. The molecule has 34 heavy (non-hydrogen) atoms. The molecule has 6 aromatic rings. The van der Waals surface area contributed by atoms with Gasteiger partial charge in [0.25, 0.3) is 0 Å². The van der Waals surface area contributed by atoms with Crippen LogP contribution in [-0.2, 0) is 0 Å². The van der Waals surface area contributed by atoms with Crippen molar-refractivity contribution in [3.8, 4) is 33.2 Å². The molecule has 1 unspecified atom stereocenters. The number of hydrogen-bond acceptors (Lipinski definition) is 7. The summed E-state index contributed by atoms with van der Waals surface area (Å²) in [5.74, 6) is 0.696. The van der Waals surface area contributed by atoms with Crippen molar-refractivity contribution in [2.75, 3.05) is 5.32 Å². The maximum atomic E-state index is 9.91. The first-order valence-electron chi connectivity index (χ1n) is 11.0. The largest absolute Gasteiger partial charge is 0.374 e. The van der Waals surface area contributed by atoms with Gasteiger partial charge in [0.1, 0.15) is 11.9 Å². The molecule has 168 valence electrons. The summed E-state index contributed by atoms with van der Waals surface area (Å²) in [5, 5.41) is 23.5. The molecular weight excluding hydrogens is 446 g/mol. The van der Waals surface area contributed by atoms with Crippen molar-refractivity contribution in [2.24, 2.45) is 0 Å². The van der Waals surface area contributed by atoms with Crippen LogP contribution in [-0.4, -0.2) is 41.5 Å². The smallest absolute Gasteiger partial charge is 0.159 e. The van der Waals surface area contributed by atoms with Gasteiger partial charge in [-0.05, 0) is 36.1 Å². The Morgan fingerprint density at radius 3 is 2.88 bits per heavy atom. The lowest BCUT2D eigenvalue weighted by Crippen LogP contribution is -2.16. The van der Waals surface area contributed by atoms with E-state index in [2.05, 4.69) is 48.0 Å². The van der Waals surface area contributed by atoms with Crippen LogP contribution < -0.4 is 5.32 Å². The summed E-state index contributed by atoms with van der Waals surface area (Å²) in [4.78, 5) is 18.4. The van der Waals surface area contributed by atoms with E-state index >= 15 is 0 Å². The van der Waals surface area contributed by atoms with Crippen LogP contribution in [0.3, 0.4) is 0 Å². The zero-order chi connectivity index (χ0) is 23.1. The van der Waals surface area contributed by atoms with Crippen molar-refractivity contribution < 1.29 is 5.11 Å². The van der Waals surface area contributed by atoms with Crippen molar-refractivity contribution in [2.45, 2.75) is 19.6 Å². The first-order chi connectivity index (χ1) is 16.7. The standard InChI is InChI=1S/C25H21N7OS/c1-2-22(33)28-15-9-14(11-26-12-15)19-10-17-20(13-27-19)31-32-24(17)25-29-18-6-3-5-16(23(18)30-25)21-7-4-8-34-21/h3-13,22,28,33H,2H2,1H3,(H,29,30)(H,31,32). The number of aromatic amines is 2. The molecule has 0 saturated heterocycles. The summed E-state index contributed by atoms with van der Waals surface area (Å²) in [6.45, 7) is 1.91. The van der Waals surface area contributed by atoms with Crippen molar-refractivity contribution in [1.29, 1.82) is 0 Å². The number of para-hydroxylation sites is 1. The fourth-order valence-electron chi connectivity index (χ4n) is 3.98. The Hall–Kier alpha value is -4.08. The van der Waals surface area contributed by atoms with Gasteiger partial charge in [0.15, 0.2) is 5.82 Å². The zero-order valence-electron chi connectivity index (χ0n) is 18.3. The minimum Gasteiger partial charge on any atom is -0.374 e. The highest BCUT2D eigenvalue weighted by atomic mass is 32.1. The molecule has 0 spiro atoms. The molecule has 0 bridgehead atoms. The van der Waals surface area contributed by atoms with Crippen LogP contribution in [0.15, 0.2) is 66.4 Å². The summed E-state index contributed by atoms with van der Waals surface area (Å²) >= 11 is 1.70. The molecule has 8 nitrogen and oxygen atoms in total. The lowest BCUT2D eigenvalue weighted by Gasteiger charge is -2.12. The molecule has 5 heterocycles. The van der Waals surface area contributed by atoms with Crippen molar-refractivity contribution in [3.63, 3.8) is 0 Å². The molecule has 0 radical (unpaired) electrons. The summed E-state index contributed by atoms with van der Waals surface area (Å²) < 4.78 is 0. The molecule has 0 aliphatic carbocycles. The fourth-order valence-corrected chi connectivity index (χ4v) is 4.74. The topological polar surface area (TPSA) is 115 Å². The Kier molecular flexibility index (Phi) is 5.05. The minimum absolute atomic E-state index is 0.596. The van der Waals surface area contributed by atoms with Crippen molar-refractivity contribution in [1.82, 2.24) is 30.1 Å². The van der Waals surface area contributed by atoms with Crippen LogP contribution in [0.25, 0.3) is 55.2 Å². The van der Waals surface area contributed by atoms with Crippen LogP contribution >= 0.6 is 11.3 Å². The number of hydrogen-bond donors (Lipinski definition) is 4. The van der Waals surface area contributed by atoms with Gasteiger partial charge in [-0.25, -0.2) is 4.98 Å². The van der Waals surface area contributed by atoms with E-state index in [0.29, 0.717) is 12.2 Å². The van der Waals surface area contributed by atoms with Gasteiger partial charge in [-0.1, -0.05) is 25.1 Å². The van der Waals surface area contributed by atoms with Gasteiger partial charge in [0.05, 0.1) is 40.3 Å². The molecule has 5 aromatic heterocycles. The Bertz CT molecular complexity index is 1600. The summed E-state index contributed by atoms with van der Waals surface area (Å²) in [7, 11) is 0. The maximum Gasteiger partial charge on any atom is 0.159 e. The molecule has 1 aromatic carbocycles. The molecule has 0 aliphatic heterocycles. The lowest BCUT2D eigenvalue weighted by molar-refractivity contribution is 0.199. The van der Waals surface area contributed by atoms with Gasteiger partial charge in [0.2, 0.25) is 0 Å². The molecule has 0 fully saturated rings. The number of thiophene rings is 1. The van der Waals surface area contributed by atoms with E-state index in [1.165, 1.54) is 4.88 Å². The number of pyridine rings is 2. The second-order valence-electron chi connectivity index (χ2n) is 7.98. The first kappa shape index (κ1) is 20.5. The van der Waals surface area contributed by atoms with Gasteiger partial charge in [-0.2, -0.15) is 5.10 Å². The van der Waals surface area contributed by atoms with Crippen LogP contribution in [0.1, 0.15) is 13.3 Å². The highest BCUT2D eigenvalue weighted by Gasteiger charge is 2.16. The second kappa shape index (κ2) is 8.36. The molecule has 0 amide bonds. The SMILES string of the molecule is CCC(O)Nc1cncc(-c2cc3c(-c4nc5c(-c6cccs6)cccc5[nH]4)n[nH]c3cn2)c1. The van der Waals surface area contributed by atoms with Crippen LogP contribution in [0.5, 0.6) is 0 Å². The van der Waals surface area contributed by atoms with E-state index in [4.69, 9.17) is 4.98 Å². The van der Waals surface area contributed by atoms with E-state index in [9.17, 15) is 5.11 Å². The minimum atomic E-state index is -0.625. The molecule has 9 heteroatoms. The molecule has 4 N–H and O–H groups in total. The Morgan fingerprint density at radius 1 is 1.09 bits per heavy atom. The van der Waals surface area contributed by atoms with Crippen molar-refractivity contribution >= 4 is 39.0 Å². The third-order valence-electron chi connectivity index (χ3n) is 5.72. The van der Waals surface area contributed by atoms with Crippen molar-refractivity contribution in [3.05, 3.63) is 66.4 Å². The zero-order valence-corrected chi connectivity index (χ0v) is 19.1. The number of aromatic nitrogens is 6. The van der Waals surface area contributed by atoms with Crippen LogP contribution in [0.4, 0.5) is 5.69 Å². The van der Waals surface area contributed by atoms with E-state index in [-0.39, 0.29) is 0 Å². The number of fused-ring (bicyclic) bond motifs is 2. The molecule has 0 aliphatic rings. The van der Waals surface area contributed by atoms with Crippen LogP contribution in [0.2, 0.25) is 0 Å². The van der Waals surface area contributed by atoms with E-state index in [0.717, 1.165) is 50.1 Å². The number of aliphatic hydroxyl groups is 1. The van der Waals surface area contributed by atoms with Gasteiger partial charge in [-0.15, -0.1) is 11.3 Å². The second-order valence-corrected chi connectivity index (χ2v) is 8.93. The molecule has 1 atom stereocenters. The van der Waals surface area contributed by atoms with E-state index in [1.807, 2.05) is 37.3 Å². The third kappa shape index (κ3) is 3.60. The van der Waals surface area contributed by atoms with Gasteiger partial charge in [0, 0.05) is 27.6 Å². The number of nitrogens with one attached hydrogen (secondary N) is 3. The normalized spacial score (nSPS) is 12.4. The number of rotatable bonds is 6. The molecule has 0 saturated carbocycles. The van der Waals surface area contributed by atoms with Gasteiger partial charge >= 0.3 is 0 Å². The number of anilines is 1. The van der Waals surface area contributed by atoms with Gasteiger partial charge in [-0.3, -0.25) is 15.1 Å². The third-order valence-corrected chi connectivity index (χ3v) is 6.63. The molecular formula is C25H21N7OS. The maximum absolute atomic E-state index is 9.91. The number of H-pyrrole nitrogens is 2.